The summed E-state index contributed by atoms with van der Waals surface area (Å²) in [7, 11) is -4.48. The molecule has 2 aliphatic rings. The average Bonchev–Trinajstić information content (AvgIpc) is 3.06. The number of hydrogen-bond donors (Lipinski definition) is 0. The predicted molar refractivity (Wildman–Crippen MR) is 143 cm³/mol. The Labute approximate surface area is 219 Å². The fourth-order valence-corrected chi connectivity index (χ4v) is 5.43. The summed E-state index contributed by atoms with van der Waals surface area (Å²) in [6.45, 7) is 10.8. The maximum absolute atomic E-state index is 13.0. The lowest BCUT2D eigenvalue weighted by Crippen LogP contribution is -2.41. The van der Waals surface area contributed by atoms with Crippen molar-refractivity contribution in [2.45, 2.75) is 65.5 Å². The minimum Gasteiger partial charge on any atom is -0.489 e. The second kappa shape index (κ2) is 9.47. The molecule has 0 bridgehead atoms. The van der Waals surface area contributed by atoms with Crippen LogP contribution in [0.5, 0.6) is 11.5 Å². The maximum atomic E-state index is 13.0. The quantitative estimate of drug-likeness (QED) is 0.445. The highest BCUT2D eigenvalue weighted by molar-refractivity contribution is 7.84. The zero-order valence-corrected chi connectivity index (χ0v) is 22.7. The third-order valence-corrected chi connectivity index (χ3v) is 8.66. The van der Waals surface area contributed by atoms with Gasteiger partial charge < -0.3 is 18.2 Å². The summed E-state index contributed by atoms with van der Waals surface area (Å²) in [5.41, 5.74) is 3.57. The molecule has 0 N–H and O–H groups in total. The van der Waals surface area contributed by atoms with Crippen molar-refractivity contribution in [3.63, 3.8) is 0 Å². The van der Waals surface area contributed by atoms with E-state index >= 15 is 0 Å². The van der Waals surface area contributed by atoms with Crippen molar-refractivity contribution in [3.8, 4) is 11.5 Å². The van der Waals surface area contributed by atoms with Gasteiger partial charge in [-0.05, 0) is 75.0 Å². The van der Waals surface area contributed by atoms with Gasteiger partial charge in [0.15, 0.2) is 0 Å². The van der Waals surface area contributed by atoms with E-state index in [2.05, 4.69) is 0 Å². The van der Waals surface area contributed by atoms with Crippen LogP contribution >= 0.6 is 0 Å². The van der Waals surface area contributed by atoms with Crippen molar-refractivity contribution in [3.05, 3.63) is 89.0 Å². The minimum atomic E-state index is -3.96. The van der Waals surface area contributed by atoms with Crippen LogP contribution in [0, 0.1) is 6.92 Å². The summed E-state index contributed by atoms with van der Waals surface area (Å²) in [6, 6.07) is 21.0. The standard InChI is InChI=1S/C28H32BNO6S/c1-20-11-12-24(29-35-27(2,3)28(4,5)36-29)15-22(20)17-30-18-23-16-25(13-14-26(23)34-37(30,31)32)33-19-21-9-7-6-8-10-21/h6-16H,17-19H2,1-5H3. The number of hydrogen-bond acceptors (Lipinski definition) is 6. The summed E-state index contributed by atoms with van der Waals surface area (Å²) in [6.07, 6.45) is 0. The molecule has 194 valence electrons. The van der Waals surface area contributed by atoms with Crippen LogP contribution in [0.2, 0.25) is 0 Å². The molecule has 0 aromatic heterocycles. The summed E-state index contributed by atoms with van der Waals surface area (Å²) in [5, 5.41) is 0. The van der Waals surface area contributed by atoms with E-state index in [1.54, 1.807) is 12.1 Å². The van der Waals surface area contributed by atoms with Crippen LogP contribution in [0.1, 0.15) is 49.9 Å². The highest BCUT2D eigenvalue weighted by Gasteiger charge is 2.51. The van der Waals surface area contributed by atoms with Gasteiger partial charge in [0.1, 0.15) is 18.1 Å². The molecular formula is C28H32BNO6S. The molecule has 9 heteroatoms. The third kappa shape index (κ3) is 5.27. The second-order valence-corrected chi connectivity index (χ2v) is 12.2. The molecule has 0 unspecified atom stereocenters. The van der Waals surface area contributed by atoms with Gasteiger partial charge in [-0.15, -0.1) is 0 Å². The van der Waals surface area contributed by atoms with Gasteiger partial charge in [-0.1, -0.05) is 48.5 Å². The lowest BCUT2D eigenvalue weighted by Gasteiger charge is -2.32. The Balaban J connectivity index is 1.35. The fourth-order valence-electron chi connectivity index (χ4n) is 4.34. The van der Waals surface area contributed by atoms with Crippen molar-refractivity contribution >= 4 is 22.9 Å². The van der Waals surface area contributed by atoms with Crippen molar-refractivity contribution < 1.29 is 26.6 Å². The van der Waals surface area contributed by atoms with Gasteiger partial charge in [-0.3, -0.25) is 0 Å². The van der Waals surface area contributed by atoms with Crippen LogP contribution < -0.4 is 14.4 Å². The number of aryl methyl sites for hydroxylation is 1. The first-order chi connectivity index (χ1) is 17.4. The second-order valence-electron chi connectivity index (χ2n) is 10.6. The zero-order chi connectivity index (χ0) is 26.4. The minimum absolute atomic E-state index is 0.163. The molecule has 7 nitrogen and oxygen atoms in total. The molecule has 1 fully saturated rings. The Kier molecular flexibility index (Phi) is 6.60. The van der Waals surface area contributed by atoms with Gasteiger partial charge in [-0.25, -0.2) is 0 Å². The summed E-state index contributed by atoms with van der Waals surface area (Å²) in [5.74, 6) is 0.982. The van der Waals surface area contributed by atoms with Crippen molar-refractivity contribution in [2.75, 3.05) is 0 Å². The van der Waals surface area contributed by atoms with E-state index in [-0.39, 0.29) is 13.1 Å². The highest BCUT2D eigenvalue weighted by atomic mass is 32.2. The lowest BCUT2D eigenvalue weighted by molar-refractivity contribution is 0.00578. The van der Waals surface area contributed by atoms with E-state index in [9.17, 15) is 8.42 Å². The Morgan fingerprint density at radius 2 is 1.65 bits per heavy atom. The van der Waals surface area contributed by atoms with Gasteiger partial charge in [0.2, 0.25) is 0 Å². The molecule has 0 atom stereocenters. The topological polar surface area (TPSA) is 74.3 Å². The molecule has 2 heterocycles. The van der Waals surface area contributed by atoms with Gasteiger partial charge in [-0.2, -0.15) is 12.7 Å². The Bertz CT molecular complexity index is 1390. The van der Waals surface area contributed by atoms with Crippen LogP contribution in [-0.2, 0) is 39.3 Å². The normalized spacial score (nSPS) is 19.8. The molecular weight excluding hydrogens is 489 g/mol. The monoisotopic (exact) mass is 521 g/mol. The number of fused-ring (bicyclic) bond motifs is 1. The Morgan fingerprint density at radius 3 is 2.35 bits per heavy atom. The molecule has 3 aromatic rings. The van der Waals surface area contributed by atoms with Gasteiger partial charge in [0.05, 0.1) is 11.2 Å². The molecule has 2 aliphatic heterocycles. The first-order valence-electron chi connectivity index (χ1n) is 12.4. The average molecular weight is 521 g/mol. The molecule has 0 radical (unpaired) electrons. The fraction of sp³-hybridized carbons (Fsp3) is 0.357. The van der Waals surface area contributed by atoms with Crippen LogP contribution in [0.3, 0.4) is 0 Å². The Morgan fingerprint density at radius 1 is 0.946 bits per heavy atom. The summed E-state index contributed by atoms with van der Waals surface area (Å²) >= 11 is 0. The molecule has 1 saturated heterocycles. The van der Waals surface area contributed by atoms with Crippen molar-refractivity contribution in [1.82, 2.24) is 4.31 Å². The first-order valence-corrected chi connectivity index (χ1v) is 13.7. The predicted octanol–water partition coefficient (Wildman–Crippen LogP) is 4.51. The van der Waals surface area contributed by atoms with Gasteiger partial charge in [0.25, 0.3) is 0 Å². The molecule has 0 aliphatic carbocycles. The number of ether oxygens (including phenoxy) is 1. The molecule has 3 aromatic carbocycles. The van der Waals surface area contributed by atoms with Crippen molar-refractivity contribution in [1.29, 1.82) is 0 Å². The zero-order valence-electron chi connectivity index (χ0n) is 21.9. The molecule has 0 amide bonds. The summed E-state index contributed by atoms with van der Waals surface area (Å²) in [4.78, 5) is 0. The molecule has 0 spiro atoms. The summed E-state index contributed by atoms with van der Waals surface area (Å²) < 4.78 is 51.1. The number of nitrogens with zero attached hydrogens (tertiary/aromatic N) is 1. The van der Waals surface area contributed by atoms with E-state index < -0.39 is 28.6 Å². The number of benzene rings is 3. The van der Waals surface area contributed by atoms with E-state index in [1.165, 1.54) is 4.31 Å². The smallest absolute Gasteiger partial charge is 0.489 e. The van der Waals surface area contributed by atoms with E-state index in [0.29, 0.717) is 18.1 Å². The largest absolute Gasteiger partial charge is 0.494 e. The van der Waals surface area contributed by atoms with Crippen LogP contribution in [0.4, 0.5) is 0 Å². The Hall–Kier alpha value is -2.85. The number of rotatable bonds is 6. The first kappa shape index (κ1) is 25.8. The van der Waals surface area contributed by atoms with Crippen molar-refractivity contribution in [2.24, 2.45) is 0 Å². The third-order valence-electron chi connectivity index (χ3n) is 7.38. The SMILES string of the molecule is Cc1ccc(B2OC(C)(C)C(C)(C)O2)cc1CN1Cc2cc(OCc3ccccc3)ccc2OS1(=O)=O. The van der Waals surface area contributed by atoms with E-state index in [1.807, 2.05) is 89.2 Å². The lowest BCUT2D eigenvalue weighted by atomic mass is 9.78. The van der Waals surface area contributed by atoms with Gasteiger partial charge >= 0.3 is 17.4 Å². The molecule has 5 rings (SSSR count). The highest BCUT2D eigenvalue weighted by Crippen LogP contribution is 2.37. The van der Waals surface area contributed by atoms with Crippen LogP contribution in [0.25, 0.3) is 0 Å². The van der Waals surface area contributed by atoms with Gasteiger partial charge in [0, 0.05) is 18.7 Å². The van der Waals surface area contributed by atoms with Crippen LogP contribution in [0.15, 0.2) is 66.7 Å². The van der Waals surface area contributed by atoms with E-state index in [0.717, 1.165) is 27.7 Å². The van der Waals surface area contributed by atoms with E-state index in [4.69, 9.17) is 18.2 Å². The molecule has 0 saturated carbocycles. The van der Waals surface area contributed by atoms with Crippen LogP contribution in [-0.4, -0.2) is 31.0 Å². The molecule has 37 heavy (non-hydrogen) atoms. The maximum Gasteiger partial charge on any atom is 0.494 e.